The number of fused-ring (bicyclic) bond motifs is 2. The van der Waals surface area contributed by atoms with Gasteiger partial charge in [0.05, 0.1) is 33.6 Å². The van der Waals surface area contributed by atoms with Crippen LogP contribution in [0.1, 0.15) is 68.2 Å². The van der Waals surface area contributed by atoms with Gasteiger partial charge in [-0.1, -0.05) is 50.2 Å². The summed E-state index contributed by atoms with van der Waals surface area (Å²) in [4.78, 5) is 49.2. The van der Waals surface area contributed by atoms with Crippen LogP contribution in [0.2, 0.25) is 0 Å². The highest BCUT2D eigenvalue weighted by molar-refractivity contribution is 7.13. The molecular weight excluding hydrogens is 945 g/mol. The van der Waals surface area contributed by atoms with Crippen molar-refractivity contribution >= 4 is 40.3 Å². The fourth-order valence-corrected chi connectivity index (χ4v) is 11.9. The third-order valence-corrected chi connectivity index (χ3v) is 15.9. The second kappa shape index (κ2) is 22.2. The lowest BCUT2D eigenvalue weighted by molar-refractivity contribution is -0.141. The Balaban J connectivity index is 0.650. The Hall–Kier alpha value is -6.67. The smallest absolute Gasteiger partial charge is 0.254 e. The lowest BCUT2D eigenvalue weighted by Crippen LogP contribution is -2.54. The number of carbonyl (C=O) groups is 2. The molecule has 10 rings (SSSR count). The fraction of sp³-hybridized carbons (Fsp3) is 0.463. The van der Waals surface area contributed by atoms with E-state index in [-0.39, 0.29) is 36.4 Å². The van der Waals surface area contributed by atoms with E-state index >= 15 is 0 Å². The number of likely N-dealkylation sites (tertiary alicyclic amines) is 1. The number of phenolic OH excluding ortho intramolecular Hbond substituents is 1. The van der Waals surface area contributed by atoms with E-state index in [4.69, 9.17) is 20.0 Å². The second-order valence-corrected chi connectivity index (χ2v) is 21.1. The van der Waals surface area contributed by atoms with Crippen molar-refractivity contribution in [2.75, 3.05) is 81.0 Å². The van der Waals surface area contributed by atoms with Crippen LogP contribution in [0.3, 0.4) is 0 Å². The van der Waals surface area contributed by atoms with Crippen molar-refractivity contribution in [3.8, 4) is 33.3 Å². The lowest BCUT2D eigenvalue weighted by Gasteiger charge is -2.43. The molecule has 4 fully saturated rings. The molecule has 19 heteroatoms. The maximum atomic E-state index is 14.2. The number of thiazole rings is 1. The van der Waals surface area contributed by atoms with Crippen LogP contribution in [-0.4, -0.2) is 152 Å². The predicted octanol–water partition coefficient (Wildman–Crippen LogP) is 5.75. The Morgan fingerprint density at radius 1 is 0.932 bits per heavy atom. The minimum atomic E-state index is -0.811. The average Bonchev–Trinajstić information content (AvgIpc) is 4.20. The van der Waals surface area contributed by atoms with Gasteiger partial charge in [-0.05, 0) is 91.7 Å². The van der Waals surface area contributed by atoms with Gasteiger partial charge >= 0.3 is 0 Å². The number of hydrogen-bond donors (Lipinski definition) is 4. The Morgan fingerprint density at radius 3 is 2.41 bits per heavy atom. The molecule has 2 amide bonds. The molecule has 0 aliphatic carbocycles. The minimum Gasteiger partial charge on any atom is -0.507 e. The summed E-state index contributed by atoms with van der Waals surface area (Å²) in [5.74, 6) is -0.200. The number of aliphatic hydroxyl groups excluding tert-OH is 1. The topological polar surface area (TPSA) is 216 Å². The Bertz CT molecular complexity index is 2840. The van der Waals surface area contributed by atoms with Crippen molar-refractivity contribution in [1.82, 2.24) is 45.3 Å². The van der Waals surface area contributed by atoms with Gasteiger partial charge in [0.1, 0.15) is 24.3 Å². The van der Waals surface area contributed by atoms with Gasteiger partial charge in [-0.15, -0.1) is 21.5 Å². The number of piperazine rings is 2. The van der Waals surface area contributed by atoms with Crippen LogP contribution in [0.4, 0.5) is 17.2 Å². The summed E-state index contributed by atoms with van der Waals surface area (Å²) in [7, 11) is 0. The second-order valence-electron chi connectivity index (χ2n) is 20.2. The number of nitrogens with zero attached hydrogens (tertiary/aromatic N) is 10. The van der Waals surface area contributed by atoms with E-state index in [1.807, 2.05) is 74.9 Å². The summed E-state index contributed by atoms with van der Waals surface area (Å²) in [6, 6.07) is 23.1. The van der Waals surface area contributed by atoms with Crippen LogP contribution in [-0.2, 0) is 22.6 Å². The third kappa shape index (κ3) is 11.3. The standard InChI is InChI=1S/C54H66N12O6S/c1-34(2)50(54(70)65-32-42(67)26-46(65)53(69)57-29-36-10-12-37(13-11-36)51-35(3)58-33-73-51)48-28-49(61-72-48)71-24-23-63-21-19-62(20-22-63)18-6-7-38-25-39(16-17-56-38)66-40-14-15-41(66)31-64(30-40)45-27-44(59-60-52(45)55)43-8-4-5-9-47(43)68/h4-5,8-13,16-17,25,27-28,33-34,40-42,46,50,67-68H,6-7,14-15,18-24,26,29-32H2,1-3H3,(H2,55,60)(H,57,69)/t40?,41?,42-,46+,50+/m1/s1. The number of benzene rings is 2. The van der Waals surface area contributed by atoms with Gasteiger partial charge in [-0.3, -0.25) is 19.5 Å². The Kier molecular flexibility index (Phi) is 15.2. The maximum absolute atomic E-state index is 14.2. The molecule has 73 heavy (non-hydrogen) atoms. The van der Waals surface area contributed by atoms with E-state index < -0.39 is 18.1 Å². The van der Waals surface area contributed by atoms with Crippen molar-refractivity contribution in [2.24, 2.45) is 5.92 Å². The van der Waals surface area contributed by atoms with Crippen LogP contribution in [0.5, 0.6) is 11.6 Å². The van der Waals surface area contributed by atoms with Crippen LogP contribution >= 0.6 is 11.3 Å². The number of amides is 2. The molecule has 4 aliphatic rings. The molecule has 0 radical (unpaired) electrons. The molecule has 5 N–H and O–H groups in total. The number of phenols is 1. The highest BCUT2D eigenvalue weighted by Gasteiger charge is 2.44. The lowest BCUT2D eigenvalue weighted by atomic mass is 9.91. The van der Waals surface area contributed by atoms with Crippen molar-refractivity contribution in [2.45, 2.75) is 89.6 Å². The van der Waals surface area contributed by atoms with Crippen molar-refractivity contribution in [3.05, 3.63) is 107 Å². The molecule has 2 unspecified atom stereocenters. The van der Waals surface area contributed by atoms with Gasteiger partial charge in [-0.25, -0.2) is 4.98 Å². The summed E-state index contributed by atoms with van der Waals surface area (Å²) in [6.07, 6.45) is 5.45. The third-order valence-electron chi connectivity index (χ3n) is 15.0. The first-order chi connectivity index (χ1) is 35.4. The van der Waals surface area contributed by atoms with Gasteiger partial charge in [0, 0.05) is 107 Å². The summed E-state index contributed by atoms with van der Waals surface area (Å²) in [6.45, 7) is 13.9. The van der Waals surface area contributed by atoms with Crippen molar-refractivity contribution in [1.29, 1.82) is 0 Å². The molecule has 0 saturated carbocycles. The van der Waals surface area contributed by atoms with E-state index in [0.29, 0.717) is 54.0 Å². The number of aromatic nitrogens is 5. The van der Waals surface area contributed by atoms with Crippen LogP contribution in [0, 0.1) is 12.8 Å². The van der Waals surface area contributed by atoms with E-state index in [9.17, 15) is 19.8 Å². The number of hydrogen-bond acceptors (Lipinski definition) is 17. The normalized spacial score (nSPS) is 20.8. The quantitative estimate of drug-likeness (QED) is 0.0807. The molecule has 4 saturated heterocycles. The molecular formula is C54H66N12O6S. The SMILES string of the molecule is Cc1ncsc1-c1ccc(CNC(=O)[C@@H]2C[C@@H](O)CN2C(=O)[C@H](c2cc(OCCN3CCN(CCCc4cc(N5C6CCC5CN(c5cc(-c7ccccc7O)nnc5N)C6)ccn4)CC3)no2)C(C)C)cc1. The number of aryl methyl sites for hydroxylation is 2. The van der Waals surface area contributed by atoms with Gasteiger partial charge in [0.2, 0.25) is 11.8 Å². The number of anilines is 3. The molecule has 0 spiro atoms. The van der Waals surface area contributed by atoms with Crippen LogP contribution in [0.25, 0.3) is 21.7 Å². The first kappa shape index (κ1) is 49.9. The number of rotatable bonds is 18. The summed E-state index contributed by atoms with van der Waals surface area (Å²) >= 11 is 1.59. The number of β-amino-alcohol motifs (C(OH)–C–C–N with tert-alkyl or cyclic N) is 1. The first-order valence-electron chi connectivity index (χ1n) is 25.6. The average molecular weight is 1010 g/mol. The molecule has 6 aromatic rings. The van der Waals surface area contributed by atoms with E-state index in [1.54, 1.807) is 29.5 Å². The number of ether oxygens (including phenoxy) is 1. The largest absolute Gasteiger partial charge is 0.507 e. The number of aliphatic hydroxyl groups is 1. The molecule has 2 bridgehead atoms. The van der Waals surface area contributed by atoms with Gasteiger partial charge in [0.15, 0.2) is 11.6 Å². The number of carbonyl (C=O) groups excluding carboxylic acids is 2. The van der Waals surface area contributed by atoms with Crippen molar-refractivity contribution in [3.63, 3.8) is 0 Å². The molecule has 8 heterocycles. The number of pyridine rings is 1. The van der Waals surface area contributed by atoms with Gasteiger partial charge in [0.25, 0.3) is 5.88 Å². The highest BCUT2D eigenvalue weighted by Crippen LogP contribution is 2.40. The molecule has 4 aromatic heterocycles. The molecule has 384 valence electrons. The number of nitrogens with two attached hydrogens (primary N) is 1. The zero-order valence-corrected chi connectivity index (χ0v) is 42.7. The monoisotopic (exact) mass is 1010 g/mol. The number of aromatic hydroxyl groups is 1. The molecule has 5 atom stereocenters. The van der Waals surface area contributed by atoms with Crippen LogP contribution in [0.15, 0.2) is 89.0 Å². The summed E-state index contributed by atoms with van der Waals surface area (Å²) in [5.41, 5.74) is 15.7. The minimum absolute atomic E-state index is 0.0644. The number of nitrogens with one attached hydrogen (secondary N) is 1. The van der Waals surface area contributed by atoms with Crippen LogP contribution < -0.4 is 25.6 Å². The van der Waals surface area contributed by atoms with E-state index in [0.717, 1.165) is 111 Å². The number of nitrogen functional groups attached to an aromatic ring is 1. The first-order valence-corrected chi connectivity index (χ1v) is 26.5. The van der Waals surface area contributed by atoms with E-state index in [2.05, 4.69) is 57.4 Å². The highest BCUT2D eigenvalue weighted by atomic mass is 32.1. The fourth-order valence-electron chi connectivity index (χ4n) is 11.1. The summed E-state index contributed by atoms with van der Waals surface area (Å²) in [5, 5.41) is 36.8. The molecule has 18 nitrogen and oxygen atoms in total. The molecule has 4 aliphatic heterocycles. The van der Waals surface area contributed by atoms with E-state index in [1.165, 1.54) is 10.6 Å². The zero-order chi connectivity index (χ0) is 50.6. The predicted molar refractivity (Wildman–Crippen MR) is 280 cm³/mol. The molecule has 2 aromatic carbocycles. The van der Waals surface area contributed by atoms with Gasteiger partial charge < -0.3 is 50.1 Å². The maximum Gasteiger partial charge on any atom is 0.254 e. The number of para-hydroxylation sites is 1. The van der Waals surface area contributed by atoms with Gasteiger partial charge in [-0.2, -0.15) is 0 Å². The summed E-state index contributed by atoms with van der Waals surface area (Å²) < 4.78 is 11.8. The zero-order valence-electron chi connectivity index (χ0n) is 41.8. The Morgan fingerprint density at radius 2 is 1.68 bits per heavy atom. The van der Waals surface area contributed by atoms with Crippen molar-refractivity contribution < 1.29 is 29.1 Å². The Labute approximate surface area is 430 Å².